The number of hydrogen-bond donors (Lipinski definition) is 1. The smallest absolute Gasteiger partial charge is 0.253 e. The third-order valence-electron chi connectivity index (χ3n) is 6.08. The summed E-state index contributed by atoms with van der Waals surface area (Å²) in [5, 5.41) is 2.96. The number of carbonyl (C=O) groups excluding carboxylic acids is 2. The van der Waals surface area contributed by atoms with Gasteiger partial charge in [-0.2, -0.15) is 0 Å². The van der Waals surface area contributed by atoms with E-state index in [-0.39, 0.29) is 11.8 Å². The second-order valence-electron chi connectivity index (χ2n) is 8.31. The number of amides is 2. The van der Waals surface area contributed by atoms with Crippen LogP contribution in [0.25, 0.3) is 0 Å². The van der Waals surface area contributed by atoms with Crippen molar-refractivity contribution in [3.63, 3.8) is 0 Å². The summed E-state index contributed by atoms with van der Waals surface area (Å²) in [6.45, 7) is 4.33. The summed E-state index contributed by atoms with van der Waals surface area (Å²) in [6, 6.07) is 7.83. The summed E-state index contributed by atoms with van der Waals surface area (Å²) in [4.78, 5) is 29.0. The molecule has 1 aromatic rings. The van der Waals surface area contributed by atoms with E-state index in [1.54, 1.807) is 0 Å². The SMILES string of the molecule is CC1CCN(C(=O)c2ccc(NC(=O)CN(C)C3CCCCC3)cc2)CC1. The number of piperidine rings is 1. The average Bonchev–Trinajstić information content (AvgIpc) is 2.69. The van der Waals surface area contributed by atoms with E-state index < -0.39 is 0 Å². The molecule has 3 rings (SSSR count). The standard InChI is InChI=1S/C22H33N3O2/c1-17-12-14-25(15-13-17)22(27)18-8-10-19(11-9-18)23-21(26)16-24(2)20-6-4-3-5-7-20/h8-11,17,20H,3-7,12-16H2,1-2H3,(H,23,26). The summed E-state index contributed by atoms with van der Waals surface area (Å²) in [6.07, 6.45) is 8.39. The van der Waals surface area contributed by atoms with Gasteiger partial charge in [0.2, 0.25) is 5.91 Å². The van der Waals surface area contributed by atoms with Gasteiger partial charge in [-0.25, -0.2) is 0 Å². The lowest BCUT2D eigenvalue weighted by atomic mass is 9.94. The highest BCUT2D eigenvalue weighted by atomic mass is 16.2. The normalized spacial score (nSPS) is 19.3. The number of anilines is 1. The third kappa shape index (κ3) is 5.55. The molecule has 2 amide bonds. The van der Waals surface area contributed by atoms with Crippen molar-refractivity contribution in [3.05, 3.63) is 29.8 Å². The largest absolute Gasteiger partial charge is 0.339 e. The maximum atomic E-state index is 12.6. The lowest BCUT2D eigenvalue weighted by Gasteiger charge is -2.30. The van der Waals surface area contributed by atoms with Crippen LogP contribution in [0.5, 0.6) is 0 Å². The van der Waals surface area contributed by atoms with Crippen molar-refractivity contribution in [1.29, 1.82) is 0 Å². The molecular formula is C22H33N3O2. The van der Waals surface area contributed by atoms with E-state index in [0.29, 0.717) is 24.1 Å². The number of rotatable bonds is 5. The quantitative estimate of drug-likeness (QED) is 0.857. The Labute approximate surface area is 163 Å². The van der Waals surface area contributed by atoms with Gasteiger partial charge in [-0.3, -0.25) is 14.5 Å². The van der Waals surface area contributed by atoms with Gasteiger partial charge in [0.1, 0.15) is 0 Å². The molecule has 148 valence electrons. The van der Waals surface area contributed by atoms with Crippen molar-refractivity contribution in [2.45, 2.75) is 57.9 Å². The van der Waals surface area contributed by atoms with Crippen LogP contribution in [0.15, 0.2) is 24.3 Å². The Hall–Kier alpha value is -1.88. The molecule has 2 aliphatic rings. The highest BCUT2D eigenvalue weighted by Crippen LogP contribution is 2.22. The Balaban J connectivity index is 1.49. The molecule has 5 nitrogen and oxygen atoms in total. The van der Waals surface area contributed by atoms with Crippen LogP contribution in [0.4, 0.5) is 5.69 Å². The Morgan fingerprint density at radius 2 is 1.67 bits per heavy atom. The fourth-order valence-electron chi connectivity index (χ4n) is 4.17. The molecule has 2 fully saturated rings. The zero-order valence-electron chi connectivity index (χ0n) is 16.7. The molecule has 1 aliphatic heterocycles. The van der Waals surface area contributed by atoms with Gasteiger partial charge in [0, 0.05) is 30.4 Å². The fraction of sp³-hybridized carbons (Fsp3) is 0.636. The van der Waals surface area contributed by atoms with E-state index in [2.05, 4.69) is 17.1 Å². The molecule has 1 saturated heterocycles. The van der Waals surface area contributed by atoms with Crippen molar-refractivity contribution in [3.8, 4) is 0 Å². The predicted molar refractivity (Wildman–Crippen MR) is 109 cm³/mol. The first-order chi connectivity index (χ1) is 13.0. The van der Waals surface area contributed by atoms with Crippen LogP contribution in [-0.4, -0.2) is 54.3 Å². The second-order valence-corrected chi connectivity index (χ2v) is 8.31. The van der Waals surface area contributed by atoms with Gasteiger partial charge in [-0.1, -0.05) is 26.2 Å². The van der Waals surface area contributed by atoms with Crippen LogP contribution in [0.3, 0.4) is 0 Å². The summed E-state index contributed by atoms with van der Waals surface area (Å²) in [5.41, 5.74) is 1.45. The number of nitrogens with one attached hydrogen (secondary N) is 1. The minimum Gasteiger partial charge on any atom is -0.339 e. The molecule has 5 heteroatoms. The third-order valence-corrected chi connectivity index (χ3v) is 6.08. The molecule has 0 aromatic heterocycles. The van der Waals surface area contributed by atoms with Gasteiger partial charge >= 0.3 is 0 Å². The second kappa shape index (κ2) is 9.36. The summed E-state index contributed by atoms with van der Waals surface area (Å²) in [5.74, 6) is 0.808. The molecule has 1 saturated carbocycles. The number of likely N-dealkylation sites (tertiary alicyclic amines) is 1. The Morgan fingerprint density at radius 1 is 1.04 bits per heavy atom. The van der Waals surface area contributed by atoms with Crippen LogP contribution in [-0.2, 0) is 4.79 Å². The Kier molecular flexibility index (Phi) is 6.89. The topological polar surface area (TPSA) is 52.7 Å². The summed E-state index contributed by atoms with van der Waals surface area (Å²) >= 11 is 0. The van der Waals surface area contributed by atoms with Crippen LogP contribution in [0, 0.1) is 5.92 Å². The van der Waals surface area contributed by atoms with Gasteiger partial charge in [0.25, 0.3) is 5.91 Å². The maximum Gasteiger partial charge on any atom is 0.253 e. The van der Waals surface area contributed by atoms with Gasteiger partial charge in [0.15, 0.2) is 0 Å². The van der Waals surface area contributed by atoms with Crippen molar-refractivity contribution in [2.75, 3.05) is 32.0 Å². The fourth-order valence-corrected chi connectivity index (χ4v) is 4.17. The molecule has 27 heavy (non-hydrogen) atoms. The lowest BCUT2D eigenvalue weighted by molar-refractivity contribution is -0.117. The number of carbonyl (C=O) groups is 2. The van der Waals surface area contributed by atoms with Crippen LogP contribution in [0.2, 0.25) is 0 Å². The Morgan fingerprint density at radius 3 is 2.30 bits per heavy atom. The summed E-state index contributed by atoms with van der Waals surface area (Å²) < 4.78 is 0. The highest BCUT2D eigenvalue weighted by molar-refractivity contribution is 5.96. The van der Waals surface area contributed by atoms with Crippen molar-refractivity contribution in [2.24, 2.45) is 5.92 Å². The summed E-state index contributed by atoms with van der Waals surface area (Å²) in [7, 11) is 2.04. The first-order valence-corrected chi connectivity index (χ1v) is 10.4. The van der Waals surface area contributed by atoms with Gasteiger partial charge in [-0.05, 0) is 62.9 Å². The molecule has 1 N–H and O–H groups in total. The predicted octanol–water partition coefficient (Wildman–Crippen LogP) is 3.76. The number of nitrogens with zero attached hydrogens (tertiary/aromatic N) is 2. The minimum atomic E-state index is 0.00664. The lowest BCUT2D eigenvalue weighted by Crippen LogP contribution is -2.39. The molecule has 0 radical (unpaired) electrons. The molecule has 1 aliphatic carbocycles. The first-order valence-electron chi connectivity index (χ1n) is 10.4. The first kappa shape index (κ1) is 19.9. The van der Waals surface area contributed by atoms with E-state index in [0.717, 1.165) is 31.6 Å². The molecule has 1 aromatic carbocycles. The average molecular weight is 372 g/mol. The van der Waals surface area contributed by atoms with Crippen LogP contribution < -0.4 is 5.32 Å². The van der Waals surface area contributed by atoms with Crippen molar-refractivity contribution >= 4 is 17.5 Å². The monoisotopic (exact) mass is 371 g/mol. The Bertz CT molecular complexity index is 629. The zero-order valence-corrected chi connectivity index (χ0v) is 16.7. The van der Waals surface area contributed by atoms with E-state index in [9.17, 15) is 9.59 Å². The number of likely N-dealkylation sites (N-methyl/N-ethyl adjacent to an activating group) is 1. The molecular weight excluding hydrogens is 338 g/mol. The van der Waals surface area contributed by atoms with Gasteiger partial charge in [0.05, 0.1) is 6.54 Å². The number of benzene rings is 1. The van der Waals surface area contributed by atoms with E-state index in [1.807, 2.05) is 36.2 Å². The van der Waals surface area contributed by atoms with Crippen LogP contribution >= 0.6 is 0 Å². The molecule has 0 spiro atoms. The molecule has 1 heterocycles. The van der Waals surface area contributed by atoms with Gasteiger partial charge in [-0.15, -0.1) is 0 Å². The highest BCUT2D eigenvalue weighted by Gasteiger charge is 2.22. The van der Waals surface area contributed by atoms with Crippen LogP contribution in [0.1, 0.15) is 62.2 Å². The van der Waals surface area contributed by atoms with Gasteiger partial charge < -0.3 is 10.2 Å². The zero-order chi connectivity index (χ0) is 19.2. The molecule has 0 bridgehead atoms. The van der Waals surface area contributed by atoms with E-state index >= 15 is 0 Å². The molecule has 0 atom stereocenters. The maximum absolute atomic E-state index is 12.6. The van der Waals surface area contributed by atoms with E-state index in [4.69, 9.17) is 0 Å². The van der Waals surface area contributed by atoms with Crippen molar-refractivity contribution in [1.82, 2.24) is 9.80 Å². The minimum absolute atomic E-state index is 0.00664. The number of hydrogen-bond acceptors (Lipinski definition) is 3. The molecule has 0 unspecified atom stereocenters. The van der Waals surface area contributed by atoms with E-state index in [1.165, 1.54) is 32.1 Å². The van der Waals surface area contributed by atoms with Crippen molar-refractivity contribution < 1.29 is 9.59 Å².